The van der Waals surface area contributed by atoms with Crippen molar-refractivity contribution >= 4 is 11.6 Å². The highest BCUT2D eigenvalue weighted by Crippen LogP contribution is 2.20. The Hall–Kier alpha value is -1.55. The largest absolute Gasteiger partial charge is 0.384 e. The fraction of sp³-hybridized carbons (Fsp3) is 0.500. The molecule has 4 heteroatoms. The predicted molar refractivity (Wildman–Crippen MR) is 73.8 cm³/mol. The van der Waals surface area contributed by atoms with E-state index in [-0.39, 0.29) is 5.91 Å². The van der Waals surface area contributed by atoms with Gasteiger partial charge in [0, 0.05) is 17.8 Å². The Morgan fingerprint density at radius 1 is 1.56 bits per heavy atom. The summed E-state index contributed by atoms with van der Waals surface area (Å²) in [5.41, 5.74) is 7.89. The number of carbonyl (C=O) groups excluding carboxylic acids is 1. The molecular formula is C14H21N3O. The van der Waals surface area contributed by atoms with Crippen LogP contribution in [0.1, 0.15) is 28.8 Å². The van der Waals surface area contributed by atoms with E-state index < -0.39 is 0 Å². The van der Waals surface area contributed by atoms with Crippen molar-refractivity contribution in [3.05, 3.63) is 29.3 Å². The third kappa shape index (κ3) is 3.01. The van der Waals surface area contributed by atoms with E-state index in [0.717, 1.165) is 30.9 Å². The first kappa shape index (κ1) is 12.9. The van der Waals surface area contributed by atoms with Crippen LogP contribution in [0.15, 0.2) is 18.2 Å². The highest BCUT2D eigenvalue weighted by molar-refractivity contribution is 5.95. The highest BCUT2D eigenvalue weighted by atomic mass is 16.1. The summed E-state index contributed by atoms with van der Waals surface area (Å²) in [6.07, 6.45) is 2.50. The van der Waals surface area contributed by atoms with E-state index in [4.69, 9.17) is 5.73 Å². The van der Waals surface area contributed by atoms with E-state index in [1.54, 1.807) is 6.07 Å². The van der Waals surface area contributed by atoms with Gasteiger partial charge in [-0.25, -0.2) is 0 Å². The molecule has 4 nitrogen and oxygen atoms in total. The average Bonchev–Trinajstić information content (AvgIpc) is 2.38. The van der Waals surface area contributed by atoms with E-state index in [1.165, 1.54) is 12.8 Å². The zero-order chi connectivity index (χ0) is 13.0. The third-order valence-electron chi connectivity index (χ3n) is 3.58. The van der Waals surface area contributed by atoms with E-state index in [1.807, 2.05) is 19.1 Å². The van der Waals surface area contributed by atoms with Crippen molar-refractivity contribution in [1.29, 1.82) is 0 Å². The van der Waals surface area contributed by atoms with Crippen LogP contribution in [0.5, 0.6) is 0 Å². The van der Waals surface area contributed by atoms with Crippen molar-refractivity contribution in [1.82, 2.24) is 5.32 Å². The van der Waals surface area contributed by atoms with Crippen molar-refractivity contribution in [3.8, 4) is 0 Å². The van der Waals surface area contributed by atoms with Crippen molar-refractivity contribution < 1.29 is 4.79 Å². The van der Waals surface area contributed by atoms with E-state index in [2.05, 4.69) is 10.6 Å². The number of hydrogen-bond acceptors (Lipinski definition) is 3. The number of carbonyl (C=O) groups is 1. The molecule has 0 radical (unpaired) electrons. The van der Waals surface area contributed by atoms with Crippen LogP contribution in [0.3, 0.4) is 0 Å². The van der Waals surface area contributed by atoms with Crippen molar-refractivity contribution in [3.63, 3.8) is 0 Å². The van der Waals surface area contributed by atoms with Crippen LogP contribution < -0.4 is 16.4 Å². The molecule has 4 N–H and O–H groups in total. The van der Waals surface area contributed by atoms with E-state index in [0.29, 0.717) is 11.5 Å². The SMILES string of the molecule is Cc1c(NCC2CCCNC2)cccc1C(N)=O. The number of anilines is 1. The zero-order valence-electron chi connectivity index (χ0n) is 10.8. The average molecular weight is 247 g/mol. The van der Waals surface area contributed by atoms with Gasteiger partial charge in [0.15, 0.2) is 0 Å². The summed E-state index contributed by atoms with van der Waals surface area (Å²) in [5, 5.41) is 6.83. The van der Waals surface area contributed by atoms with Gasteiger partial charge in [-0.1, -0.05) is 6.07 Å². The molecule has 1 saturated heterocycles. The van der Waals surface area contributed by atoms with Crippen LogP contribution in [0, 0.1) is 12.8 Å². The van der Waals surface area contributed by atoms with Crippen LogP contribution in [0.4, 0.5) is 5.69 Å². The van der Waals surface area contributed by atoms with Gasteiger partial charge in [0.2, 0.25) is 5.91 Å². The molecule has 1 aromatic rings. The third-order valence-corrected chi connectivity index (χ3v) is 3.58. The molecule has 1 unspecified atom stereocenters. The smallest absolute Gasteiger partial charge is 0.249 e. The summed E-state index contributed by atoms with van der Waals surface area (Å²) < 4.78 is 0. The monoisotopic (exact) mass is 247 g/mol. The Morgan fingerprint density at radius 2 is 2.39 bits per heavy atom. The van der Waals surface area contributed by atoms with Gasteiger partial charge in [-0.3, -0.25) is 4.79 Å². The van der Waals surface area contributed by atoms with Gasteiger partial charge in [-0.2, -0.15) is 0 Å². The molecule has 1 aromatic carbocycles. The summed E-state index contributed by atoms with van der Waals surface area (Å²) in [4.78, 5) is 11.3. The van der Waals surface area contributed by atoms with E-state index in [9.17, 15) is 4.79 Å². The zero-order valence-corrected chi connectivity index (χ0v) is 10.8. The van der Waals surface area contributed by atoms with Crippen molar-refractivity contribution in [2.45, 2.75) is 19.8 Å². The molecule has 18 heavy (non-hydrogen) atoms. The number of rotatable bonds is 4. The molecule has 2 rings (SSSR count). The Labute approximate surface area is 108 Å². The fourth-order valence-corrected chi connectivity index (χ4v) is 2.45. The van der Waals surface area contributed by atoms with Gasteiger partial charge in [-0.05, 0) is 56.5 Å². The Bertz CT molecular complexity index is 425. The molecule has 0 bridgehead atoms. The summed E-state index contributed by atoms with van der Waals surface area (Å²) in [6, 6.07) is 5.64. The second-order valence-corrected chi connectivity index (χ2v) is 4.94. The molecule has 0 saturated carbocycles. The molecule has 1 atom stereocenters. The quantitative estimate of drug-likeness (QED) is 0.755. The number of benzene rings is 1. The lowest BCUT2D eigenvalue weighted by Gasteiger charge is -2.24. The van der Waals surface area contributed by atoms with Gasteiger partial charge in [0.05, 0.1) is 0 Å². The molecular weight excluding hydrogens is 226 g/mol. The van der Waals surface area contributed by atoms with Gasteiger partial charge in [-0.15, -0.1) is 0 Å². The first-order chi connectivity index (χ1) is 8.68. The molecule has 1 amide bonds. The lowest BCUT2D eigenvalue weighted by atomic mass is 9.99. The Kier molecular flexibility index (Phi) is 4.20. The standard InChI is InChI=1S/C14H21N3O/c1-10-12(14(15)18)5-2-6-13(10)17-9-11-4-3-7-16-8-11/h2,5-6,11,16-17H,3-4,7-9H2,1H3,(H2,15,18). The number of piperidine rings is 1. The van der Waals surface area contributed by atoms with Crippen molar-refractivity contribution in [2.75, 3.05) is 25.0 Å². The van der Waals surface area contributed by atoms with Gasteiger partial charge < -0.3 is 16.4 Å². The predicted octanol–water partition coefficient (Wildman–Crippen LogP) is 1.51. The van der Waals surface area contributed by atoms with Gasteiger partial charge in [0.1, 0.15) is 0 Å². The van der Waals surface area contributed by atoms with Crippen LogP contribution in [0.2, 0.25) is 0 Å². The lowest BCUT2D eigenvalue weighted by molar-refractivity contribution is 0.1000. The van der Waals surface area contributed by atoms with Gasteiger partial charge >= 0.3 is 0 Å². The summed E-state index contributed by atoms with van der Waals surface area (Å²) in [5.74, 6) is 0.297. The molecule has 1 aliphatic heterocycles. The maximum atomic E-state index is 11.3. The minimum Gasteiger partial charge on any atom is -0.384 e. The normalized spacial score (nSPS) is 19.5. The topological polar surface area (TPSA) is 67.2 Å². The second kappa shape index (κ2) is 5.87. The minimum atomic E-state index is -0.365. The summed E-state index contributed by atoms with van der Waals surface area (Å²) >= 11 is 0. The van der Waals surface area contributed by atoms with E-state index >= 15 is 0 Å². The molecule has 0 spiro atoms. The van der Waals surface area contributed by atoms with Crippen LogP contribution >= 0.6 is 0 Å². The first-order valence-corrected chi connectivity index (χ1v) is 6.52. The number of hydrogen-bond donors (Lipinski definition) is 3. The number of amides is 1. The maximum absolute atomic E-state index is 11.3. The van der Waals surface area contributed by atoms with Crippen LogP contribution in [0.25, 0.3) is 0 Å². The highest BCUT2D eigenvalue weighted by Gasteiger charge is 2.13. The Morgan fingerprint density at radius 3 is 3.06 bits per heavy atom. The van der Waals surface area contributed by atoms with Crippen LogP contribution in [-0.4, -0.2) is 25.5 Å². The molecule has 1 aliphatic rings. The molecule has 1 fully saturated rings. The summed E-state index contributed by atoms with van der Waals surface area (Å²) in [6.45, 7) is 5.08. The van der Waals surface area contributed by atoms with Crippen molar-refractivity contribution in [2.24, 2.45) is 11.7 Å². The van der Waals surface area contributed by atoms with Gasteiger partial charge in [0.25, 0.3) is 0 Å². The van der Waals surface area contributed by atoms with Crippen LogP contribution in [-0.2, 0) is 0 Å². The number of primary amides is 1. The molecule has 1 heterocycles. The molecule has 0 aliphatic carbocycles. The summed E-state index contributed by atoms with van der Waals surface area (Å²) in [7, 11) is 0. The maximum Gasteiger partial charge on any atom is 0.249 e. The lowest BCUT2D eigenvalue weighted by Crippen LogP contribution is -2.33. The molecule has 0 aromatic heterocycles. The second-order valence-electron chi connectivity index (χ2n) is 4.94. The number of nitrogens with two attached hydrogens (primary N) is 1. The number of nitrogens with one attached hydrogen (secondary N) is 2. The fourth-order valence-electron chi connectivity index (χ4n) is 2.45. The minimum absolute atomic E-state index is 0.365. The molecule has 98 valence electrons. The Balaban J connectivity index is 2.00. The first-order valence-electron chi connectivity index (χ1n) is 6.52.